The highest BCUT2D eigenvalue weighted by Crippen LogP contribution is 2.37. The van der Waals surface area contributed by atoms with E-state index >= 15 is 0 Å². The van der Waals surface area contributed by atoms with Gasteiger partial charge < -0.3 is 9.73 Å². The fourth-order valence-electron chi connectivity index (χ4n) is 5.52. The van der Waals surface area contributed by atoms with Gasteiger partial charge in [0.15, 0.2) is 0 Å². The Balaban J connectivity index is 1.33. The van der Waals surface area contributed by atoms with Crippen LogP contribution >= 0.6 is 0 Å². The monoisotopic (exact) mass is 484 g/mol. The number of urea groups is 1. The largest absolute Gasteiger partial charge is 0.465 e. The van der Waals surface area contributed by atoms with Crippen LogP contribution in [0, 0.1) is 5.92 Å². The van der Waals surface area contributed by atoms with Gasteiger partial charge in [0.25, 0.3) is 5.91 Å². The quantitative estimate of drug-likeness (QED) is 0.476. The van der Waals surface area contributed by atoms with Crippen molar-refractivity contribution >= 4 is 18.0 Å². The van der Waals surface area contributed by atoms with E-state index in [0.717, 1.165) is 49.4 Å². The van der Waals surface area contributed by atoms with E-state index in [9.17, 15) is 9.59 Å². The second-order valence-corrected chi connectivity index (χ2v) is 9.87. The molecule has 7 heteroatoms. The van der Waals surface area contributed by atoms with Crippen LogP contribution in [0.15, 0.2) is 83.2 Å². The first-order valence-electron chi connectivity index (χ1n) is 12.5. The Bertz CT molecular complexity index is 1200. The summed E-state index contributed by atoms with van der Waals surface area (Å²) in [5.74, 6) is 0.781. The second kappa shape index (κ2) is 10.5. The summed E-state index contributed by atoms with van der Waals surface area (Å²) in [6.45, 7) is 4.94. The molecular formula is C29H32N4O3. The molecule has 36 heavy (non-hydrogen) atoms. The number of rotatable bonds is 8. The van der Waals surface area contributed by atoms with E-state index in [0.29, 0.717) is 6.42 Å². The molecule has 1 unspecified atom stereocenters. The number of nitrogens with zero attached hydrogens (tertiary/aromatic N) is 3. The maximum absolute atomic E-state index is 14.0. The number of amides is 3. The number of aromatic nitrogens is 1. The molecule has 1 N–H and O–H groups in total. The molecular weight excluding hydrogens is 452 g/mol. The lowest BCUT2D eigenvalue weighted by atomic mass is 9.74. The third-order valence-corrected chi connectivity index (χ3v) is 7.28. The normalized spacial score (nSPS) is 21.7. The average molecular weight is 485 g/mol. The first-order chi connectivity index (χ1) is 17.5. The van der Waals surface area contributed by atoms with Crippen LogP contribution in [0.2, 0.25) is 0 Å². The van der Waals surface area contributed by atoms with Crippen LogP contribution < -0.4 is 5.32 Å². The van der Waals surface area contributed by atoms with Gasteiger partial charge in [-0.1, -0.05) is 42.0 Å². The van der Waals surface area contributed by atoms with E-state index in [1.54, 1.807) is 18.7 Å². The van der Waals surface area contributed by atoms with Crippen LogP contribution in [-0.2, 0) is 17.8 Å². The summed E-state index contributed by atoms with van der Waals surface area (Å²) in [5.41, 5.74) is 2.18. The van der Waals surface area contributed by atoms with Gasteiger partial charge in [-0.3, -0.25) is 19.6 Å². The topological polar surface area (TPSA) is 78.7 Å². The van der Waals surface area contributed by atoms with Gasteiger partial charge in [-0.15, -0.1) is 0 Å². The first-order valence-corrected chi connectivity index (χ1v) is 12.5. The summed E-state index contributed by atoms with van der Waals surface area (Å²) in [6, 6.07) is 17.2. The van der Waals surface area contributed by atoms with Gasteiger partial charge in [0.05, 0.1) is 12.8 Å². The van der Waals surface area contributed by atoms with E-state index in [-0.39, 0.29) is 24.4 Å². The lowest BCUT2D eigenvalue weighted by Crippen LogP contribution is -2.57. The van der Waals surface area contributed by atoms with Crippen molar-refractivity contribution in [2.75, 3.05) is 19.6 Å². The molecule has 7 nitrogen and oxygen atoms in total. The molecule has 0 saturated carbocycles. The van der Waals surface area contributed by atoms with E-state index in [4.69, 9.17) is 4.42 Å². The summed E-state index contributed by atoms with van der Waals surface area (Å²) >= 11 is 0. The van der Waals surface area contributed by atoms with Gasteiger partial charge in [-0.05, 0) is 74.2 Å². The lowest BCUT2D eigenvalue weighted by Gasteiger charge is -2.41. The highest BCUT2D eigenvalue weighted by molar-refractivity contribution is 6.07. The fourth-order valence-corrected chi connectivity index (χ4v) is 5.52. The molecule has 2 aromatic heterocycles. The lowest BCUT2D eigenvalue weighted by molar-refractivity contribution is -0.134. The maximum atomic E-state index is 14.0. The van der Waals surface area contributed by atoms with Gasteiger partial charge in [0.2, 0.25) is 0 Å². The highest BCUT2D eigenvalue weighted by Gasteiger charge is 2.55. The zero-order valence-electron chi connectivity index (χ0n) is 20.6. The Labute approximate surface area is 211 Å². The van der Waals surface area contributed by atoms with Crippen LogP contribution in [0.4, 0.5) is 4.79 Å². The molecule has 5 rings (SSSR count). The molecule has 2 aliphatic rings. The van der Waals surface area contributed by atoms with Gasteiger partial charge >= 0.3 is 6.03 Å². The Morgan fingerprint density at radius 2 is 1.86 bits per heavy atom. The summed E-state index contributed by atoms with van der Waals surface area (Å²) in [6.07, 6.45) is 9.32. The number of carbonyl (C=O) groups excluding carboxylic acids is 2. The molecule has 4 heterocycles. The number of carbonyl (C=O) groups is 2. The van der Waals surface area contributed by atoms with E-state index in [2.05, 4.69) is 28.2 Å². The van der Waals surface area contributed by atoms with Crippen LogP contribution in [0.1, 0.15) is 36.7 Å². The molecule has 186 valence electrons. The average Bonchev–Trinajstić information content (AvgIpc) is 3.48. The number of hydrogen-bond acceptors (Lipinski definition) is 5. The standard InChI is InChI=1S/C29H32N4O3/c1-22(17-26-10-6-16-36-26)20-32-14-11-25(12-15-32)29(18-23-7-3-2-4-8-23)27(34)33(28(35)31-29)21-24-9-5-13-30-19-24/h2-10,13,16-17,19,25H,11-12,14-15,18,20-21H2,1H3,(H,31,35)/b22-17+. The molecule has 0 aliphatic carbocycles. The molecule has 2 saturated heterocycles. The number of piperidine rings is 1. The SMILES string of the molecule is C/C(=C\c1ccco1)CN1CCC(C2(Cc3ccccc3)NC(=O)N(Cc3cccnc3)C2=O)CC1. The minimum absolute atomic E-state index is 0.0543. The number of hydrogen-bond donors (Lipinski definition) is 1. The Morgan fingerprint density at radius 3 is 2.56 bits per heavy atom. The summed E-state index contributed by atoms with van der Waals surface area (Å²) in [4.78, 5) is 35.0. The number of likely N-dealkylation sites (tertiary alicyclic amines) is 1. The second-order valence-electron chi connectivity index (χ2n) is 9.87. The predicted octanol–water partition coefficient (Wildman–Crippen LogP) is 4.52. The fraction of sp³-hybridized carbons (Fsp3) is 0.345. The summed E-state index contributed by atoms with van der Waals surface area (Å²) < 4.78 is 5.44. The maximum Gasteiger partial charge on any atom is 0.325 e. The molecule has 0 radical (unpaired) electrons. The van der Waals surface area contributed by atoms with E-state index in [1.807, 2.05) is 54.6 Å². The summed E-state index contributed by atoms with van der Waals surface area (Å²) in [7, 11) is 0. The Kier molecular flexibility index (Phi) is 7.00. The van der Waals surface area contributed by atoms with Crippen LogP contribution in [0.3, 0.4) is 0 Å². The summed E-state index contributed by atoms with van der Waals surface area (Å²) in [5, 5.41) is 3.17. The van der Waals surface area contributed by atoms with Gasteiger partial charge in [0, 0.05) is 25.4 Å². The zero-order valence-corrected chi connectivity index (χ0v) is 20.6. The predicted molar refractivity (Wildman–Crippen MR) is 138 cm³/mol. The van der Waals surface area contributed by atoms with Crippen LogP contribution in [-0.4, -0.2) is 51.9 Å². The van der Waals surface area contributed by atoms with E-state index < -0.39 is 5.54 Å². The molecule has 2 fully saturated rings. The number of imide groups is 1. The van der Waals surface area contributed by atoms with Gasteiger partial charge in [-0.2, -0.15) is 0 Å². The zero-order chi connectivity index (χ0) is 25.0. The van der Waals surface area contributed by atoms with Crippen molar-refractivity contribution < 1.29 is 14.0 Å². The van der Waals surface area contributed by atoms with E-state index in [1.165, 1.54) is 10.5 Å². The minimum atomic E-state index is -0.939. The van der Waals surface area contributed by atoms with Gasteiger partial charge in [0.1, 0.15) is 11.3 Å². The molecule has 1 aromatic carbocycles. The molecule has 3 amide bonds. The van der Waals surface area contributed by atoms with Crippen LogP contribution in [0.5, 0.6) is 0 Å². The highest BCUT2D eigenvalue weighted by atomic mass is 16.3. The number of furan rings is 1. The van der Waals surface area contributed by atoms with Crippen molar-refractivity contribution in [3.8, 4) is 0 Å². The molecule has 2 aliphatic heterocycles. The van der Waals surface area contributed by atoms with Crippen molar-refractivity contribution in [2.24, 2.45) is 5.92 Å². The van der Waals surface area contributed by atoms with Crippen LogP contribution in [0.25, 0.3) is 6.08 Å². The molecule has 1 atom stereocenters. The number of pyridine rings is 1. The van der Waals surface area contributed by atoms with Crippen molar-refractivity contribution in [1.29, 1.82) is 0 Å². The van der Waals surface area contributed by atoms with Crippen molar-refractivity contribution in [3.05, 3.63) is 95.7 Å². The third kappa shape index (κ3) is 5.11. The smallest absolute Gasteiger partial charge is 0.325 e. The molecule has 0 bridgehead atoms. The van der Waals surface area contributed by atoms with Crippen molar-refractivity contribution in [1.82, 2.24) is 20.1 Å². The molecule has 0 spiro atoms. The first kappa shape index (κ1) is 24.0. The number of nitrogens with one attached hydrogen (secondary N) is 1. The molecule has 3 aromatic rings. The number of benzene rings is 1. The minimum Gasteiger partial charge on any atom is -0.465 e. The van der Waals surface area contributed by atoms with Crippen molar-refractivity contribution in [2.45, 2.75) is 38.3 Å². The van der Waals surface area contributed by atoms with Crippen molar-refractivity contribution in [3.63, 3.8) is 0 Å². The third-order valence-electron chi connectivity index (χ3n) is 7.28. The van der Waals surface area contributed by atoms with Gasteiger partial charge in [-0.25, -0.2) is 4.79 Å². The Morgan fingerprint density at radius 1 is 1.08 bits per heavy atom. The Hall–Kier alpha value is -3.71.